The van der Waals surface area contributed by atoms with E-state index in [-0.39, 0.29) is 11.8 Å². The van der Waals surface area contributed by atoms with Crippen LogP contribution >= 0.6 is 0 Å². The topological polar surface area (TPSA) is 80.1 Å². The van der Waals surface area contributed by atoms with Crippen molar-refractivity contribution >= 4 is 29.3 Å². The molecule has 1 fully saturated rings. The van der Waals surface area contributed by atoms with Gasteiger partial charge in [0.25, 0.3) is 0 Å². The minimum atomic E-state index is -0.399. The third-order valence-corrected chi connectivity index (χ3v) is 6.29. The molecule has 1 saturated heterocycles. The number of anilines is 2. The van der Waals surface area contributed by atoms with Crippen LogP contribution in [0.5, 0.6) is 0 Å². The van der Waals surface area contributed by atoms with Crippen molar-refractivity contribution in [2.45, 2.75) is 45.1 Å². The summed E-state index contributed by atoms with van der Waals surface area (Å²) in [6.07, 6.45) is 8.63. The predicted octanol–water partition coefficient (Wildman–Crippen LogP) is 4.59. The molecule has 2 aliphatic heterocycles. The first-order valence-electron chi connectivity index (χ1n) is 11.7. The molecular weight excluding hydrogens is 433 g/mol. The van der Waals surface area contributed by atoms with Crippen molar-refractivity contribution in [1.82, 2.24) is 14.8 Å². The summed E-state index contributed by atoms with van der Waals surface area (Å²) in [6.45, 7) is 1.51. The Morgan fingerprint density at radius 2 is 1.82 bits per heavy atom. The monoisotopic (exact) mass is 459 g/mol. The standard InChI is InChI=1S/C26H26FN5O2/c27-22-13-10-19(17-21(22)26-30-29-23-5-2-1-3-15-32(23)26)28-24(33)14-9-18-7-11-20(12-8-18)31-16-4-6-25(31)34/h7-14,17H,1-6,15-16H2,(H,28,33)/b14-9+. The average molecular weight is 460 g/mol. The highest BCUT2D eigenvalue weighted by Gasteiger charge is 2.21. The summed E-state index contributed by atoms with van der Waals surface area (Å²) in [7, 11) is 0. The maximum absolute atomic E-state index is 14.6. The van der Waals surface area contributed by atoms with Crippen LogP contribution in [0.4, 0.5) is 15.8 Å². The summed E-state index contributed by atoms with van der Waals surface area (Å²) in [5.74, 6) is 0.798. The predicted molar refractivity (Wildman–Crippen MR) is 129 cm³/mol. The molecule has 8 heteroatoms. The zero-order valence-electron chi connectivity index (χ0n) is 18.8. The molecule has 0 unspecified atom stereocenters. The molecule has 0 bridgehead atoms. The first kappa shape index (κ1) is 22.0. The summed E-state index contributed by atoms with van der Waals surface area (Å²) >= 11 is 0. The van der Waals surface area contributed by atoms with Crippen LogP contribution in [0.3, 0.4) is 0 Å². The molecule has 0 radical (unpaired) electrons. The van der Waals surface area contributed by atoms with Gasteiger partial charge in [0, 0.05) is 43.4 Å². The van der Waals surface area contributed by atoms with Crippen LogP contribution in [0.15, 0.2) is 48.5 Å². The van der Waals surface area contributed by atoms with Gasteiger partial charge in [-0.3, -0.25) is 9.59 Å². The summed E-state index contributed by atoms with van der Waals surface area (Å²) in [4.78, 5) is 26.1. The molecule has 0 aliphatic carbocycles. The number of carbonyl (C=O) groups is 2. The molecule has 2 aromatic carbocycles. The van der Waals surface area contributed by atoms with E-state index in [1.807, 2.05) is 28.8 Å². The van der Waals surface area contributed by atoms with Gasteiger partial charge >= 0.3 is 0 Å². The van der Waals surface area contributed by atoms with Gasteiger partial charge in [0.2, 0.25) is 11.8 Å². The number of fused-ring (bicyclic) bond motifs is 1. The van der Waals surface area contributed by atoms with Crippen LogP contribution in [0.25, 0.3) is 17.5 Å². The molecule has 2 aliphatic rings. The number of nitrogens with one attached hydrogen (secondary N) is 1. The molecule has 0 spiro atoms. The van der Waals surface area contributed by atoms with E-state index < -0.39 is 5.82 Å². The SMILES string of the molecule is O=C(/C=C/c1ccc(N2CCCC2=O)cc1)Nc1ccc(F)c(-c2nnc3n2CCCCC3)c1. The molecule has 174 valence electrons. The molecule has 7 nitrogen and oxygen atoms in total. The number of halogens is 1. The van der Waals surface area contributed by atoms with Gasteiger partial charge in [0.15, 0.2) is 5.82 Å². The first-order valence-corrected chi connectivity index (χ1v) is 11.7. The number of rotatable bonds is 5. The fourth-order valence-electron chi connectivity index (χ4n) is 4.50. The van der Waals surface area contributed by atoms with Crippen LogP contribution in [0.1, 0.15) is 43.5 Å². The van der Waals surface area contributed by atoms with Crippen LogP contribution in [-0.2, 0) is 22.6 Å². The summed E-state index contributed by atoms with van der Waals surface area (Å²) in [6, 6.07) is 12.0. The largest absolute Gasteiger partial charge is 0.322 e. The van der Waals surface area contributed by atoms with Crippen LogP contribution in [-0.4, -0.2) is 33.1 Å². The Bertz CT molecular complexity index is 1250. The molecule has 1 N–H and O–H groups in total. The lowest BCUT2D eigenvalue weighted by Gasteiger charge is -2.15. The molecule has 2 amide bonds. The maximum atomic E-state index is 14.6. The number of aryl methyl sites for hydroxylation is 1. The van der Waals surface area contributed by atoms with Gasteiger partial charge in [-0.1, -0.05) is 18.6 Å². The van der Waals surface area contributed by atoms with E-state index in [9.17, 15) is 14.0 Å². The highest BCUT2D eigenvalue weighted by molar-refractivity contribution is 6.02. The van der Waals surface area contributed by atoms with E-state index in [4.69, 9.17) is 0 Å². The van der Waals surface area contributed by atoms with Gasteiger partial charge in [-0.25, -0.2) is 4.39 Å². The normalized spacial score (nSPS) is 16.0. The lowest BCUT2D eigenvalue weighted by molar-refractivity contribution is -0.117. The van der Waals surface area contributed by atoms with Crippen molar-refractivity contribution in [3.05, 3.63) is 65.7 Å². The Hall–Kier alpha value is -3.81. The Balaban J connectivity index is 1.28. The van der Waals surface area contributed by atoms with E-state index in [2.05, 4.69) is 15.5 Å². The van der Waals surface area contributed by atoms with Crippen molar-refractivity contribution in [3.8, 4) is 11.4 Å². The second kappa shape index (κ2) is 9.59. The van der Waals surface area contributed by atoms with E-state index in [0.29, 0.717) is 23.5 Å². The Morgan fingerprint density at radius 3 is 2.62 bits per heavy atom. The average Bonchev–Trinajstić information content (AvgIpc) is 3.38. The number of aromatic nitrogens is 3. The molecular formula is C26H26FN5O2. The Kier molecular flexibility index (Phi) is 6.20. The van der Waals surface area contributed by atoms with E-state index >= 15 is 0 Å². The minimum absolute atomic E-state index is 0.142. The van der Waals surface area contributed by atoms with Crippen molar-refractivity contribution in [2.75, 3.05) is 16.8 Å². The van der Waals surface area contributed by atoms with Gasteiger partial charge in [0.1, 0.15) is 11.6 Å². The second-order valence-electron chi connectivity index (χ2n) is 8.66. The fourth-order valence-corrected chi connectivity index (χ4v) is 4.50. The fraction of sp³-hybridized carbons (Fsp3) is 0.308. The lowest BCUT2D eigenvalue weighted by Crippen LogP contribution is -2.23. The second-order valence-corrected chi connectivity index (χ2v) is 8.66. The summed E-state index contributed by atoms with van der Waals surface area (Å²) in [5.41, 5.74) is 2.53. The van der Waals surface area contributed by atoms with Crippen LogP contribution in [0.2, 0.25) is 0 Å². The minimum Gasteiger partial charge on any atom is -0.322 e. The number of nitrogens with zero attached hydrogens (tertiary/aromatic N) is 4. The van der Waals surface area contributed by atoms with E-state index in [0.717, 1.165) is 62.3 Å². The summed E-state index contributed by atoms with van der Waals surface area (Å²) in [5, 5.41) is 11.3. The number of hydrogen-bond donors (Lipinski definition) is 1. The van der Waals surface area contributed by atoms with E-state index in [1.54, 1.807) is 17.0 Å². The van der Waals surface area contributed by atoms with Crippen molar-refractivity contribution in [1.29, 1.82) is 0 Å². The zero-order valence-corrected chi connectivity index (χ0v) is 18.8. The van der Waals surface area contributed by atoms with Gasteiger partial charge in [-0.05, 0) is 61.2 Å². The number of amides is 2. The molecule has 0 atom stereocenters. The number of hydrogen-bond acceptors (Lipinski definition) is 4. The molecule has 34 heavy (non-hydrogen) atoms. The highest BCUT2D eigenvalue weighted by atomic mass is 19.1. The highest BCUT2D eigenvalue weighted by Crippen LogP contribution is 2.28. The smallest absolute Gasteiger partial charge is 0.248 e. The molecule has 5 rings (SSSR count). The molecule has 3 aromatic rings. The van der Waals surface area contributed by atoms with Gasteiger partial charge in [-0.15, -0.1) is 10.2 Å². The first-order chi connectivity index (χ1) is 16.6. The van der Waals surface area contributed by atoms with Crippen molar-refractivity contribution < 1.29 is 14.0 Å². The third-order valence-electron chi connectivity index (χ3n) is 6.29. The number of benzene rings is 2. The van der Waals surface area contributed by atoms with Crippen molar-refractivity contribution in [2.24, 2.45) is 0 Å². The Morgan fingerprint density at radius 1 is 0.971 bits per heavy atom. The zero-order chi connectivity index (χ0) is 23.5. The molecule has 0 saturated carbocycles. The van der Waals surface area contributed by atoms with Crippen LogP contribution < -0.4 is 10.2 Å². The lowest BCUT2D eigenvalue weighted by atomic mass is 10.1. The number of carbonyl (C=O) groups excluding carboxylic acids is 2. The molecule has 3 heterocycles. The van der Waals surface area contributed by atoms with Gasteiger partial charge in [0.05, 0.1) is 5.56 Å². The third kappa shape index (κ3) is 4.62. The maximum Gasteiger partial charge on any atom is 0.248 e. The molecule has 1 aromatic heterocycles. The van der Waals surface area contributed by atoms with Crippen molar-refractivity contribution in [3.63, 3.8) is 0 Å². The van der Waals surface area contributed by atoms with Crippen LogP contribution in [0, 0.1) is 5.82 Å². The van der Waals surface area contributed by atoms with E-state index in [1.165, 1.54) is 18.2 Å². The summed E-state index contributed by atoms with van der Waals surface area (Å²) < 4.78 is 16.6. The quantitative estimate of drug-likeness (QED) is 0.566. The van der Waals surface area contributed by atoms with Gasteiger partial charge < -0.3 is 14.8 Å². The Labute approximate surface area is 197 Å². The van der Waals surface area contributed by atoms with Gasteiger partial charge in [-0.2, -0.15) is 0 Å².